The number of para-hydroxylation sites is 1. The lowest BCUT2D eigenvalue weighted by Gasteiger charge is -2.10. The smallest absolute Gasteiger partial charge is 0.0897 e. The molecule has 0 aliphatic heterocycles. The van der Waals surface area contributed by atoms with Gasteiger partial charge in [0.25, 0.3) is 0 Å². The minimum Gasteiger partial charge on any atom is -0.545 e. The SMILES string of the molecule is Cn1nccc1-c1cc(C(=O)[O-])c2ccccc2n1. The van der Waals surface area contributed by atoms with Crippen LogP contribution in [-0.4, -0.2) is 20.7 Å². The Morgan fingerprint density at radius 1 is 1.26 bits per heavy atom. The number of pyridine rings is 1. The molecule has 0 radical (unpaired) electrons. The summed E-state index contributed by atoms with van der Waals surface area (Å²) in [6, 6.07) is 10.4. The van der Waals surface area contributed by atoms with Gasteiger partial charge in [-0.25, -0.2) is 4.98 Å². The van der Waals surface area contributed by atoms with Crippen molar-refractivity contribution >= 4 is 16.9 Å². The molecule has 0 aliphatic rings. The monoisotopic (exact) mass is 252 g/mol. The van der Waals surface area contributed by atoms with Gasteiger partial charge in [-0.3, -0.25) is 4.68 Å². The summed E-state index contributed by atoms with van der Waals surface area (Å²) in [5.74, 6) is -1.21. The minimum atomic E-state index is -1.21. The number of rotatable bonds is 2. The van der Waals surface area contributed by atoms with E-state index in [4.69, 9.17) is 0 Å². The summed E-state index contributed by atoms with van der Waals surface area (Å²) in [5.41, 5.74) is 2.09. The van der Waals surface area contributed by atoms with Crippen molar-refractivity contribution in [3.8, 4) is 11.4 Å². The van der Waals surface area contributed by atoms with E-state index >= 15 is 0 Å². The fraction of sp³-hybridized carbons (Fsp3) is 0.0714. The predicted octanol–water partition coefficient (Wildman–Crippen LogP) is 0.999. The van der Waals surface area contributed by atoms with Gasteiger partial charge in [-0.15, -0.1) is 0 Å². The number of hydrogen-bond acceptors (Lipinski definition) is 4. The van der Waals surface area contributed by atoms with Gasteiger partial charge in [0, 0.05) is 24.2 Å². The molecule has 3 aromatic rings. The number of aromatic nitrogens is 3. The van der Waals surface area contributed by atoms with Crippen LogP contribution < -0.4 is 5.11 Å². The topological polar surface area (TPSA) is 70.8 Å². The van der Waals surface area contributed by atoms with Gasteiger partial charge in [0.15, 0.2) is 0 Å². The Morgan fingerprint density at radius 2 is 2.05 bits per heavy atom. The predicted molar refractivity (Wildman–Crippen MR) is 68.3 cm³/mol. The quantitative estimate of drug-likeness (QED) is 0.682. The summed E-state index contributed by atoms with van der Waals surface area (Å²) >= 11 is 0. The Morgan fingerprint density at radius 3 is 2.74 bits per heavy atom. The van der Waals surface area contributed by atoms with E-state index in [0.29, 0.717) is 16.6 Å². The molecule has 0 aliphatic carbocycles. The number of hydrogen-bond donors (Lipinski definition) is 0. The number of benzene rings is 1. The normalized spacial score (nSPS) is 10.8. The van der Waals surface area contributed by atoms with Crippen molar-refractivity contribution in [2.45, 2.75) is 0 Å². The second kappa shape index (κ2) is 4.20. The van der Waals surface area contributed by atoms with Crippen LogP contribution >= 0.6 is 0 Å². The van der Waals surface area contributed by atoms with Crippen LogP contribution in [0.1, 0.15) is 10.4 Å². The third kappa shape index (κ3) is 1.85. The van der Waals surface area contributed by atoms with E-state index in [1.54, 1.807) is 42.2 Å². The van der Waals surface area contributed by atoms with E-state index in [1.165, 1.54) is 6.07 Å². The average molecular weight is 252 g/mol. The van der Waals surface area contributed by atoms with Crippen molar-refractivity contribution in [2.24, 2.45) is 7.05 Å². The zero-order valence-corrected chi connectivity index (χ0v) is 10.2. The second-order valence-corrected chi connectivity index (χ2v) is 4.20. The van der Waals surface area contributed by atoms with E-state index in [2.05, 4.69) is 10.1 Å². The fourth-order valence-corrected chi connectivity index (χ4v) is 2.10. The van der Waals surface area contributed by atoms with Crippen LogP contribution in [0, 0.1) is 0 Å². The summed E-state index contributed by atoms with van der Waals surface area (Å²) in [7, 11) is 1.78. The molecule has 5 nitrogen and oxygen atoms in total. The molecule has 0 spiro atoms. The summed E-state index contributed by atoms with van der Waals surface area (Å²) in [5, 5.41) is 15.9. The number of aromatic carboxylic acids is 1. The molecule has 1 aromatic carbocycles. The zero-order valence-electron chi connectivity index (χ0n) is 10.2. The molecule has 3 rings (SSSR count). The Kier molecular flexibility index (Phi) is 2.52. The van der Waals surface area contributed by atoms with E-state index < -0.39 is 5.97 Å². The number of carboxylic acids is 1. The molecule has 0 amide bonds. The van der Waals surface area contributed by atoms with Crippen LogP contribution in [0.5, 0.6) is 0 Å². The number of fused-ring (bicyclic) bond motifs is 1. The highest BCUT2D eigenvalue weighted by Crippen LogP contribution is 2.23. The maximum Gasteiger partial charge on any atom is 0.0897 e. The van der Waals surface area contributed by atoms with E-state index in [0.717, 1.165) is 5.69 Å². The number of carbonyl (C=O) groups excluding carboxylic acids is 1. The number of nitrogens with zero attached hydrogens (tertiary/aromatic N) is 3. The lowest BCUT2D eigenvalue weighted by molar-refractivity contribution is -0.254. The highest BCUT2D eigenvalue weighted by molar-refractivity contribution is 6.02. The van der Waals surface area contributed by atoms with Gasteiger partial charge in [0.2, 0.25) is 0 Å². The molecular formula is C14H10N3O2-. The molecule has 0 bridgehead atoms. The Bertz CT molecular complexity index is 777. The number of carbonyl (C=O) groups is 1. The Labute approximate surface area is 109 Å². The Hall–Kier alpha value is -2.69. The largest absolute Gasteiger partial charge is 0.545 e. The lowest BCUT2D eigenvalue weighted by Crippen LogP contribution is -2.22. The van der Waals surface area contributed by atoms with Crippen LogP contribution in [0.25, 0.3) is 22.3 Å². The van der Waals surface area contributed by atoms with Crippen LogP contribution in [0.2, 0.25) is 0 Å². The summed E-state index contributed by atoms with van der Waals surface area (Å²) in [4.78, 5) is 15.7. The maximum atomic E-state index is 11.3. The van der Waals surface area contributed by atoms with Crippen molar-refractivity contribution in [2.75, 3.05) is 0 Å². The first-order valence-corrected chi connectivity index (χ1v) is 5.76. The zero-order chi connectivity index (χ0) is 13.4. The molecule has 2 aromatic heterocycles. The third-order valence-electron chi connectivity index (χ3n) is 3.02. The van der Waals surface area contributed by atoms with Gasteiger partial charge >= 0.3 is 0 Å². The lowest BCUT2D eigenvalue weighted by atomic mass is 10.1. The molecule has 94 valence electrons. The standard InChI is InChI=1S/C14H11N3O2/c1-17-13(6-7-15-17)12-8-10(14(18)19)9-4-2-3-5-11(9)16-12/h2-8H,1H3,(H,18,19)/p-1. The molecule has 2 heterocycles. The highest BCUT2D eigenvalue weighted by atomic mass is 16.4. The maximum absolute atomic E-state index is 11.3. The van der Waals surface area contributed by atoms with Crippen LogP contribution in [-0.2, 0) is 7.05 Å². The van der Waals surface area contributed by atoms with Crippen LogP contribution in [0.4, 0.5) is 0 Å². The van der Waals surface area contributed by atoms with E-state index in [9.17, 15) is 9.90 Å². The molecule has 0 N–H and O–H groups in total. The number of aryl methyl sites for hydroxylation is 1. The van der Waals surface area contributed by atoms with E-state index in [1.807, 2.05) is 6.07 Å². The number of carboxylic acid groups (broad SMARTS) is 1. The second-order valence-electron chi connectivity index (χ2n) is 4.20. The van der Waals surface area contributed by atoms with Crippen molar-refractivity contribution in [1.82, 2.24) is 14.8 Å². The molecule has 0 saturated carbocycles. The van der Waals surface area contributed by atoms with Gasteiger partial charge in [0.05, 0.1) is 22.9 Å². The highest BCUT2D eigenvalue weighted by Gasteiger charge is 2.10. The summed E-state index contributed by atoms with van der Waals surface area (Å²) in [6.45, 7) is 0. The molecule has 19 heavy (non-hydrogen) atoms. The molecule has 5 heteroatoms. The van der Waals surface area contributed by atoms with Gasteiger partial charge in [-0.2, -0.15) is 5.10 Å². The third-order valence-corrected chi connectivity index (χ3v) is 3.02. The van der Waals surface area contributed by atoms with Gasteiger partial charge in [-0.1, -0.05) is 18.2 Å². The molecular weight excluding hydrogens is 242 g/mol. The van der Waals surface area contributed by atoms with Crippen LogP contribution in [0.15, 0.2) is 42.6 Å². The summed E-state index contributed by atoms with van der Waals surface area (Å²) in [6.07, 6.45) is 1.64. The molecule has 0 unspecified atom stereocenters. The first-order chi connectivity index (χ1) is 9.16. The molecule has 0 fully saturated rings. The first kappa shape index (κ1) is 11.4. The first-order valence-electron chi connectivity index (χ1n) is 5.76. The van der Waals surface area contributed by atoms with Gasteiger partial charge in [-0.05, 0) is 18.2 Å². The van der Waals surface area contributed by atoms with Crippen molar-refractivity contribution in [3.05, 3.63) is 48.2 Å². The van der Waals surface area contributed by atoms with Crippen molar-refractivity contribution in [3.63, 3.8) is 0 Å². The summed E-state index contributed by atoms with van der Waals surface area (Å²) < 4.78 is 1.65. The molecule has 0 saturated heterocycles. The van der Waals surface area contributed by atoms with Crippen molar-refractivity contribution < 1.29 is 9.90 Å². The minimum absolute atomic E-state index is 0.141. The molecule has 0 atom stereocenters. The van der Waals surface area contributed by atoms with Gasteiger partial charge < -0.3 is 9.90 Å². The van der Waals surface area contributed by atoms with Gasteiger partial charge in [0.1, 0.15) is 0 Å². The van der Waals surface area contributed by atoms with E-state index in [-0.39, 0.29) is 5.56 Å². The Balaban J connectivity index is 2.34. The fourth-order valence-electron chi connectivity index (χ4n) is 2.10. The van der Waals surface area contributed by atoms with Crippen LogP contribution in [0.3, 0.4) is 0 Å². The average Bonchev–Trinajstić information content (AvgIpc) is 2.83. The van der Waals surface area contributed by atoms with Crippen molar-refractivity contribution in [1.29, 1.82) is 0 Å².